The number of nitrogens with two attached hydrogens (primary N) is 1. The fourth-order valence-electron chi connectivity index (χ4n) is 2.61. The number of likely N-dealkylation sites (tertiary alicyclic amines) is 1. The van der Waals surface area contributed by atoms with E-state index in [0.717, 1.165) is 32.4 Å². The highest BCUT2D eigenvalue weighted by Gasteiger charge is 2.16. The van der Waals surface area contributed by atoms with E-state index in [9.17, 15) is 9.59 Å². The van der Waals surface area contributed by atoms with Crippen molar-refractivity contribution in [1.29, 1.82) is 0 Å². The van der Waals surface area contributed by atoms with E-state index in [1.165, 1.54) is 6.42 Å². The second-order valence-corrected chi connectivity index (χ2v) is 5.55. The predicted molar refractivity (Wildman–Crippen MR) is 84.9 cm³/mol. The molecule has 122 valence electrons. The number of aromatic nitrogens is 1. The summed E-state index contributed by atoms with van der Waals surface area (Å²) in [7, 11) is 0. The van der Waals surface area contributed by atoms with Crippen molar-refractivity contribution in [3.05, 3.63) is 28.7 Å². The maximum Gasteiger partial charge on any atom is 0.292 e. The molecule has 1 aromatic heterocycles. The molecule has 2 N–H and O–H groups in total. The van der Waals surface area contributed by atoms with Gasteiger partial charge in [0, 0.05) is 25.8 Å². The van der Waals surface area contributed by atoms with Gasteiger partial charge in [0.25, 0.3) is 5.56 Å². The van der Waals surface area contributed by atoms with Gasteiger partial charge >= 0.3 is 0 Å². The van der Waals surface area contributed by atoms with Gasteiger partial charge in [0.15, 0.2) is 5.75 Å². The number of hydrogen-bond donors (Lipinski definition) is 1. The van der Waals surface area contributed by atoms with Crippen LogP contribution in [0, 0.1) is 0 Å². The number of amides is 1. The van der Waals surface area contributed by atoms with Gasteiger partial charge in [-0.15, -0.1) is 0 Å². The number of aryl methyl sites for hydroxylation is 1. The fraction of sp³-hybridized carbons (Fsp3) is 0.625. The molecular weight excluding hydrogens is 282 g/mol. The summed E-state index contributed by atoms with van der Waals surface area (Å²) in [6.07, 6.45) is 6.15. The lowest BCUT2D eigenvalue weighted by molar-refractivity contribution is -0.132. The zero-order valence-electron chi connectivity index (χ0n) is 13.0. The lowest BCUT2D eigenvalue weighted by Crippen LogP contribution is -2.36. The summed E-state index contributed by atoms with van der Waals surface area (Å²) < 4.78 is 7.10. The molecule has 6 heteroatoms. The first-order chi connectivity index (χ1) is 10.7. The lowest BCUT2D eigenvalue weighted by Gasteiger charge is -2.26. The van der Waals surface area contributed by atoms with Crippen LogP contribution < -0.4 is 16.0 Å². The zero-order chi connectivity index (χ0) is 15.8. The highest BCUT2D eigenvalue weighted by Crippen LogP contribution is 2.10. The standard InChI is InChI=1S/C16H25N3O3/c17-8-5-12-19-11-4-6-14(16(19)21)22-13-7-15(20)18-9-2-1-3-10-18/h4,6,11H,1-3,5,7-10,12-13,17H2. The minimum atomic E-state index is -0.165. The van der Waals surface area contributed by atoms with E-state index in [-0.39, 0.29) is 18.1 Å². The Balaban J connectivity index is 1.83. The lowest BCUT2D eigenvalue weighted by atomic mass is 10.1. The molecule has 22 heavy (non-hydrogen) atoms. The van der Waals surface area contributed by atoms with Crippen LogP contribution in [0.4, 0.5) is 0 Å². The molecular formula is C16H25N3O3. The minimum absolute atomic E-state index is 0.110. The van der Waals surface area contributed by atoms with Gasteiger partial charge in [-0.1, -0.05) is 0 Å². The molecule has 1 fully saturated rings. The Labute approximate surface area is 130 Å². The van der Waals surface area contributed by atoms with Crippen LogP contribution in [-0.4, -0.2) is 41.6 Å². The number of pyridine rings is 1. The van der Waals surface area contributed by atoms with E-state index in [0.29, 0.717) is 25.3 Å². The maximum absolute atomic E-state index is 12.2. The number of hydrogen-bond acceptors (Lipinski definition) is 4. The van der Waals surface area contributed by atoms with Crippen molar-refractivity contribution in [3.8, 4) is 5.75 Å². The van der Waals surface area contributed by atoms with Gasteiger partial charge in [-0.3, -0.25) is 9.59 Å². The van der Waals surface area contributed by atoms with E-state index in [1.54, 1.807) is 22.9 Å². The second kappa shape index (κ2) is 8.58. The van der Waals surface area contributed by atoms with E-state index >= 15 is 0 Å². The SMILES string of the molecule is NCCCn1cccc(OCCC(=O)N2CCCCC2)c1=O. The van der Waals surface area contributed by atoms with Crippen molar-refractivity contribution in [3.63, 3.8) is 0 Å². The van der Waals surface area contributed by atoms with Gasteiger partial charge in [0.1, 0.15) is 0 Å². The van der Waals surface area contributed by atoms with Crippen LogP contribution in [0.5, 0.6) is 5.75 Å². The van der Waals surface area contributed by atoms with Gasteiger partial charge in [-0.2, -0.15) is 0 Å². The summed E-state index contributed by atoms with van der Waals surface area (Å²) in [6, 6.07) is 3.42. The average Bonchev–Trinajstić information content (AvgIpc) is 2.56. The molecule has 6 nitrogen and oxygen atoms in total. The van der Waals surface area contributed by atoms with Gasteiger partial charge in [0.05, 0.1) is 13.0 Å². The monoisotopic (exact) mass is 307 g/mol. The third kappa shape index (κ3) is 4.59. The van der Waals surface area contributed by atoms with Crippen LogP contribution in [0.2, 0.25) is 0 Å². The van der Waals surface area contributed by atoms with Crippen LogP contribution >= 0.6 is 0 Å². The zero-order valence-corrected chi connectivity index (χ0v) is 13.0. The number of ether oxygens (including phenoxy) is 1. The Morgan fingerprint density at radius 1 is 1.27 bits per heavy atom. The molecule has 0 aliphatic carbocycles. The van der Waals surface area contributed by atoms with Crippen molar-refractivity contribution in [2.75, 3.05) is 26.2 Å². The van der Waals surface area contributed by atoms with E-state index in [2.05, 4.69) is 0 Å². The highest BCUT2D eigenvalue weighted by molar-refractivity contribution is 5.76. The Kier molecular flexibility index (Phi) is 6.45. The topological polar surface area (TPSA) is 77.6 Å². The van der Waals surface area contributed by atoms with E-state index in [1.807, 2.05) is 4.90 Å². The third-order valence-corrected chi connectivity index (χ3v) is 3.87. The first-order valence-corrected chi connectivity index (χ1v) is 8.02. The minimum Gasteiger partial charge on any atom is -0.487 e. The summed E-state index contributed by atoms with van der Waals surface area (Å²) in [6.45, 7) is 3.05. The number of nitrogens with zero attached hydrogens (tertiary/aromatic N) is 2. The summed E-state index contributed by atoms with van der Waals surface area (Å²) in [4.78, 5) is 26.1. The van der Waals surface area contributed by atoms with Crippen LogP contribution in [0.25, 0.3) is 0 Å². The number of carbonyl (C=O) groups excluding carboxylic acids is 1. The first kappa shape index (κ1) is 16.5. The Bertz CT molecular complexity index is 536. The quantitative estimate of drug-likeness (QED) is 0.814. The molecule has 0 unspecified atom stereocenters. The molecule has 1 aliphatic rings. The third-order valence-electron chi connectivity index (χ3n) is 3.87. The van der Waals surface area contributed by atoms with E-state index < -0.39 is 0 Å². The molecule has 0 saturated carbocycles. The molecule has 0 atom stereocenters. The predicted octanol–water partition coefficient (Wildman–Crippen LogP) is 0.978. The normalized spacial score (nSPS) is 14.9. The first-order valence-electron chi connectivity index (χ1n) is 8.02. The Morgan fingerprint density at radius 2 is 2.05 bits per heavy atom. The molecule has 1 amide bonds. The van der Waals surface area contributed by atoms with Crippen molar-refractivity contribution in [1.82, 2.24) is 9.47 Å². The van der Waals surface area contributed by atoms with Crippen molar-refractivity contribution >= 4 is 5.91 Å². The van der Waals surface area contributed by atoms with Crippen molar-refractivity contribution in [2.24, 2.45) is 5.73 Å². The molecule has 1 aromatic rings. The summed E-state index contributed by atoms with van der Waals surface area (Å²) in [5.74, 6) is 0.407. The van der Waals surface area contributed by atoms with Gasteiger partial charge < -0.3 is 19.9 Å². The Hall–Kier alpha value is -1.82. The van der Waals surface area contributed by atoms with Crippen molar-refractivity contribution in [2.45, 2.75) is 38.6 Å². The molecule has 0 radical (unpaired) electrons. The summed E-state index contributed by atoms with van der Waals surface area (Å²) >= 11 is 0. The number of rotatable bonds is 7. The van der Waals surface area contributed by atoms with Gasteiger partial charge in [0.2, 0.25) is 5.91 Å². The molecule has 2 heterocycles. The maximum atomic E-state index is 12.2. The van der Waals surface area contributed by atoms with Crippen LogP contribution in [-0.2, 0) is 11.3 Å². The molecule has 0 aromatic carbocycles. The smallest absolute Gasteiger partial charge is 0.292 e. The summed E-state index contributed by atoms with van der Waals surface area (Å²) in [5.41, 5.74) is 5.29. The summed E-state index contributed by atoms with van der Waals surface area (Å²) in [5, 5.41) is 0. The van der Waals surface area contributed by atoms with Crippen LogP contribution in [0.3, 0.4) is 0 Å². The number of carbonyl (C=O) groups is 1. The van der Waals surface area contributed by atoms with Gasteiger partial charge in [-0.05, 0) is 44.4 Å². The molecule has 0 spiro atoms. The van der Waals surface area contributed by atoms with Gasteiger partial charge in [-0.25, -0.2) is 0 Å². The molecule has 1 saturated heterocycles. The van der Waals surface area contributed by atoms with Crippen molar-refractivity contribution < 1.29 is 9.53 Å². The molecule has 2 rings (SSSR count). The number of piperidine rings is 1. The van der Waals surface area contributed by atoms with Crippen LogP contribution in [0.1, 0.15) is 32.1 Å². The highest BCUT2D eigenvalue weighted by atomic mass is 16.5. The fourth-order valence-corrected chi connectivity index (χ4v) is 2.61. The van der Waals surface area contributed by atoms with E-state index in [4.69, 9.17) is 10.5 Å². The molecule has 1 aliphatic heterocycles. The average molecular weight is 307 g/mol. The molecule has 0 bridgehead atoms. The Morgan fingerprint density at radius 3 is 2.77 bits per heavy atom. The van der Waals surface area contributed by atoms with Crippen LogP contribution in [0.15, 0.2) is 23.1 Å². The second-order valence-electron chi connectivity index (χ2n) is 5.55. The largest absolute Gasteiger partial charge is 0.487 e.